The highest BCUT2D eigenvalue weighted by atomic mass is 16.6. The highest BCUT2D eigenvalue weighted by Crippen LogP contribution is 2.30. The van der Waals surface area contributed by atoms with Crippen LogP contribution in [-0.2, 0) is 20.8 Å². The van der Waals surface area contributed by atoms with Gasteiger partial charge in [0.15, 0.2) is 0 Å². The minimum Gasteiger partial charge on any atom is -0.456 e. The predicted octanol–water partition coefficient (Wildman–Crippen LogP) is 5.58. The third kappa shape index (κ3) is 10.0. The molecule has 0 aliphatic carbocycles. The lowest BCUT2D eigenvalue weighted by Crippen LogP contribution is -2.33. The number of hydrogen-bond donors (Lipinski definition) is 2. The van der Waals surface area contributed by atoms with Crippen molar-refractivity contribution in [2.75, 3.05) is 13.1 Å². The Balaban J connectivity index is 1.44. The van der Waals surface area contributed by atoms with Crippen LogP contribution in [0.5, 0.6) is 0 Å². The zero-order valence-corrected chi connectivity index (χ0v) is 24.3. The number of aromatic nitrogens is 2. The molecule has 1 unspecified atom stereocenters. The molecular formula is C30H44N4O5. The van der Waals surface area contributed by atoms with Crippen molar-refractivity contribution in [3.8, 4) is 11.3 Å². The average Bonchev–Trinajstić information content (AvgIpc) is 3.28. The van der Waals surface area contributed by atoms with Gasteiger partial charge in [-0.25, -0.2) is 14.6 Å². The number of rotatable bonds is 10. The number of fused-ring (bicyclic) bond motifs is 1. The maximum absolute atomic E-state index is 12.4. The van der Waals surface area contributed by atoms with Gasteiger partial charge < -0.3 is 24.7 Å². The summed E-state index contributed by atoms with van der Waals surface area (Å²) in [5.41, 5.74) is 1.27. The summed E-state index contributed by atoms with van der Waals surface area (Å²) < 4.78 is 12.8. The van der Waals surface area contributed by atoms with Crippen LogP contribution in [0.15, 0.2) is 30.5 Å². The van der Waals surface area contributed by atoms with Crippen LogP contribution in [0.25, 0.3) is 11.3 Å². The maximum atomic E-state index is 12.4. The number of imidazole rings is 1. The van der Waals surface area contributed by atoms with Gasteiger partial charge in [-0.05, 0) is 79.4 Å². The molecule has 1 atom stereocenters. The second-order valence-corrected chi connectivity index (χ2v) is 12.1. The van der Waals surface area contributed by atoms with E-state index >= 15 is 0 Å². The van der Waals surface area contributed by atoms with E-state index in [1.807, 2.05) is 53.7 Å². The van der Waals surface area contributed by atoms with Gasteiger partial charge in [0.2, 0.25) is 5.91 Å². The molecule has 3 rings (SSSR count). The number of unbranched alkanes of at least 4 members (excludes halogenated alkanes) is 2. The van der Waals surface area contributed by atoms with Crippen LogP contribution in [0.3, 0.4) is 0 Å². The van der Waals surface area contributed by atoms with E-state index in [0.29, 0.717) is 25.1 Å². The van der Waals surface area contributed by atoms with Gasteiger partial charge in [-0.3, -0.25) is 4.79 Å². The molecule has 0 spiro atoms. The first-order valence-corrected chi connectivity index (χ1v) is 13.9. The number of carbonyl (C=O) groups is 3. The molecule has 0 saturated carbocycles. The number of nitrogens with zero attached hydrogens (tertiary/aromatic N) is 2. The van der Waals surface area contributed by atoms with Crippen LogP contribution in [0.2, 0.25) is 0 Å². The minimum atomic E-state index is -0.538. The summed E-state index contributed by atoms with van der Waals surface area (Å²) in [5.74, 6) is 0.847. The van der Waals surface area contributed by atoms with Crippen molar-refractivity contribution in [3.05, 3.63) is 41.9 Å². The molecule has 39 heavy (non-hydrogen) atoms. The lowest BCUT2D eigenvalue weighted by atomic mass is 9.99. The lowest BCUT2D eigenvalue weighted by molar-refractivity contribution is -0.121. The molecule has 0 radical (unpaired) electrons. The van der Waals surface area contributed by atoms with E-state index in [2.05, 4.69) is 21.4 Å². The van der Waals surface area contributed by atoms with Crippen LogP contribution in [0.1, 0.15) is 102 Å². The summed E-state index contributed by atoms with van der Waals surface area (Å²) in [4.78, 5) is 41.3. The normalized spacial score (nSPS) is 15.3. The fraction of sp³-hybridized carbons (Fsp3) is 0.600. The van der Waals surface area contributed by atoms with E-state index in [4.69, 9.17) is 14.5 Å². The van der Waals surface area contributed by atoms with Gasteiger partial charge in [0.25, 0.3) is 0 Å². The largest absolute Gasteiger partial charge is 0.456 e. The fourth-order valence-electron chi connectivity index (χ4n) is 4.44. The molecule has 2 heterocycles. The van der Waals surface area contributed by atoms with Crippen molar-refractivity contribution < 1.29 is 23.9 Å². The third-order valence-corrected chi connectivity index (χ3v) is 6.23. The van der Waals surface area contributed by atoms with E-state index in [0.717, 1.165) is 55.7 Å². The zero-order chi connectivity index (χ0) is 28.6. The Morgan fingerprint density at radius 1 is 0.949 bits per heavy atom. The number of esters is 1. The Hall–Kier alpha value is -3.36. The van der Waals surface area contributed by atoms with Crippen LogP contribution >= 0.6 is 0 Å². The van der Waals surface area contributed by atoms with E-state index in [9.17, 15) is 14.4 Å². The van der Waals surface area contributed by atoms with Gasteiger partial charge in [-0.2, -0.15) is 0 Å². The molecular weight excluding hydrogens is 496 g/mol. The zero-order valence-electron chi connectivity index (χ0n) is 24.3. The van der Waals surface area contributed by atoms with Gasteiger partial charge in [0, 0.05) is 43.7 Å². The molecule has 1 aliphatic rings. The minimum absolute atomic E-state index is 0.0386. The number of hydrogen-bond acceptors (Lipinski definition) is 6. The number of nitrogens with one attached hydrogen (secondary N) is 2. The van der Waals surface area contributed by atoms with Crippen molar-refractivity contribution in [1.82, 2.24) is 20.2 Å². The second kappa shape index (κ2) is 13.1. The van der Waals surface area contributed by atoms with Crippen molar-refractivity contribution in [1.29, 1.82) is 0 Å². The molecule has 1 aliphatic heterocycles. The number of benzene rings is 1. The number of alkyl carbamates (subject to hydrolysis) is 1. The molecule has 214 valence electrons. The molecule has 1 aromatic carbocycles. The molecule has 2 N–H and O–H groups in total. The number of carbonyl (C=O) groups excluding carboxylic acids is 3. The van der Waals surface area contributed by atoms with Crippen molar-refractivity contribution >= 4 is 18.0 Å². The summed E-state index contributed by atoms with van der Waals surface area (Å²) in [6.45, 7) is 13.0. The van der Waals surface area contributed by atoms with Gasteiger partial charge in [-0.15, -0.1) is 0 Å². The van der Waals surface area contributed by atoms with Gasteiger partial charge in [0.05, 0.1) is 11.3 Å². The number of aryl methyl sites for hydroxylation is 1. The first kappa shape index (κ1) is 30.2. The SMILES string of the molecule is CC(C)(C)OC(=O)NCCCCCC(=O)NCC1CCCn2cc(-c3ccc(C(=O)OC(C)(C)C)cc3)nc21. The Morgan fingerprint density at radius 3 is 2.31 bits per heavy atom. The molecule has 1 aromatic heterocycles. The Kier molecular flexibility index (Phi) is 10.2. The lowest BCUT2D eigenvalue weighted by Gasteiger charge is -2.23. The smallest absolute Gasteiger partial charge is 0.407 e. The summed E-state index contributed by atoms with van der Waals surface area (Å²) in [6, 6.07) is 7.33. The van der Waals surface area contributed by atoms with Crippen LogP contribution < -0.4 is 10.6 Å². The van der Waals surface area contributed by atoms with E-state index < -0.39 is 17.3 Å². The van der Waals surface area contributed by atoms with Gasteiger partial charge >= 0.3 is 12.1 Å². The second-order valence-electron chi connectivity index (χ2n) is 12.1. The average molecular weight is 541 g/mol. The molecule has 0 bridgehead atoms. The van der Waals surface area contributed by atoms with Crippen LogP contribution in [0, 0.1) is 0 Å². The van der Waals surface area contributed by atoms with Crippen molar-refractivity contribution in [2.24, 2.45) is 0 Å². The van der Waals surface area contributed by atoms with E-state index in [1.165, 1.54) is 0 Å². The summed E-state index contributed by atoms with van der Waals surface area (Å²) in [5, 5.41) is 5.82. The Bertz CT molecular complexity index is 1130. The highest BCUT2D eigenvalue weighted by Gasteiger charge is 2.24. The predicted molar refractivity (Wildman–Crippen MR) is 151 cm³/mol. The first-order chi connectivity index (χ1) is 18.3. The van der Waals surface area contributed by atoms with Gasteiger partial charge in [-0.1, -0.05) is 18.6 Å². The molecule has 0 saturated heterocycles. The topological polar surface area (TPSA) is 112 Å². The third-order valence-electron chi connectivity index (χ3n) is 6.23. The molecule has 0 fully saturated rings. The Morgan fingerprint density at radius 2 is 1.64 bits per heavy atom. The summed E-state index contributed by atoms with van der Waals surface area (Å²) in [6.07, 6.45) is 6.54. The molecule has 9 heteroatoms. The van der Waals surface area contributed by atoms with E-state index in [1.54, 1.807) is 12.1 Å². The standard InChI is InChI=1S/C30H44N4O5/c1-29(2,3)38-27(36)22-15-13-21(14-16-22)24-20-34-18-10-11-23(26(34)33-24)19-32-25(35)12-8-7-9-17-31-28(37)39-30(4,5)6/h13-16,20,23H,7-12,17-19H2,1-6H3,(H,31,37)(H,32,35). The van der Waals surface area contributed by atoms with Gasteiger partial charge in [0.1, 0.15) is 17.0 Å². The number of ether oxygens (including phenoxy) is 2. The summed E-state index contributed by atoms with van der Waals surface area (Å²) in [7, 11) is 0. The van der Waals surface area contributed by atoms with E-state index in [-0.39, 0.29) is 17.8 Å². The fourth-order valence-corrected chi connectivity index (χ4v) is 4.44. The molecule has 2 aromatic rings. The monoisotopic (exact) mass is 540 g/mol. The Labute approximate surface area is 232 Å². The quantitative estimate of drug-likeness (QED) is 0.300. The van der Waals surface area contributed by atoms with Crippen LogP contribution in [0.4, 0.5) is 4.79 Å². The van der Waals surface area contributed by atoms with Crippen molar-refractivity contribution in [3.63, 3.8) is 0 Å². The molecule has 9 nitrogen and oxygen atoms in total. The maximum Gasteiger partial charge on any atom is 0.407 e. The number of amides is 2. The van der Waals surface area contributed by atoms with Crippen LogP contribution in [-0.4, -0.2) is 51.8 Å². The summed E-state index contributed by atoms with van der Waals surface area (Å²) >= 11 is 0. The molecule has 2 amide bonds. The highest BCUT2D eigenvalue weighted by molar-refractivity contribution is 5.90. The van der Waals surface area contributed by atoms with Crippen molar-refractivity contribution in [2.45, 2.75) is 104 Å². The first-order valence-electron chi connectivity index (χ1n) is 13.9.